The predicted molar refractivity (Wildman–Crippen MR) is 85.1 cm³/mol. The van der Waals surface area contributed by atoms with Crippen LogP contribution in [0.5, 0.6) is 0 Å². The summed E-state index contributed by atoms with van der Waals surface area (Å²) in [5, 5.41) is 3.77. The number of likely N-dealkylation sites (tertiary alicyclic amines) is 1. The van der Waals surface area contributed by atoms with E-state index >= 15 is 0 Å². The first kappa shape index (κ1) is 14.1. The van der Waals surface area contributed by atoms with Crippen LogP contribution >= 0.6 is 0 Å². The Morgan fingerprint density at radius 2 is 1.95 bits per heavy atom. The number of benzene rings is 1. The van der Waals surface area contributed by atoms with Gasteiger partial charge in [0.1, 0.15) is 0 Å². The molecule has 0 bridgehead atoms. The zero-order valence-electron chi connectivity index (χ0n) is 12.8. The van der Waals surface area contributed by atoms with Gasteiger partial charge in [0.05, 0.1) is 0 Å². The minimum atomic E-state index is 0.719. The molecule has 2 aliphatic rings. The summed E-state index contributed by atoms with van der Waals surface area (Å²) >= 11 is 0. The first-order chi connectivity index (χ1) is 9.85. The SMILES string of the molecule is CCCN1CCC(NCc2ccc3c(c2)CCC3)CC1. The molecule has 0 spiro atoms. The van der Waals surface area contributed by atoms with Gasteiger partial charge < -0.3 is 10.2 Å². The molecule has 2 nitrogen and oxygen atoms in total. The van der Waals surface area contributed by atoms with Crippen LogP contribution in [-0.2, 0) is 19.4 Å². The maximum atomic E-state index is 3.77. The van der Waals surface area contributed by atoms with E-state index in [0.717, 1.165) is 12.6 Å². The van der Waals surface area contributed by atoms with Crippen molar-refractivity contribution in [3.63, 3.8) is 0 Å². The second-order valence-electron chi connectivity index (χ2n) is 6.45. The molecular weight excluding hydrogens is 244 g/mol. The highest BCUT2D eigenvalue weighted by atomic mass is 15.1. The Morgan fingerprint density at radius 3 is 2.75 bits per heavy atom. The molecule has 0 amide bonds. The van der Waals surface area contributed by atoms with Crippen molar-refractivity contribution in [3.8, 4) is 0 Å². The van der Waals surface area contributed by atoms with Crippen LogP contribution in [-0.4, -0.2) is 30.6 Å². The monoisotopic (exact) mass is 272 g/mol. The molecule has 0 radical (unpaired) electrons. The van der Waals surface area contributed by atoms with Crippen LogP contribution in [0, 0.1) is 0 Å². The summed E-state index contributed by atoms with van der Waals surface area (Å²) in [6.07, 6.45) is 7.84. The van der Waals surface area contributed by atoms with Crippen LogP contribution in [0.1, 0.15) is 49.3 Å². The smallest absolute Gasteiger partial charge is 0.0208 e. The number of nitrogens with zero attached hydrogens (tertiary/aromatic N) is 1. The van der Waals surface area contributed by atoms with Crippen LogP contribution in [0.4, 0.5) is 0 Å². The number of aryl methyl sites for hydroxylation is 2. The van der Waals surface area contributed by atoms with E-state index in [2.05, 4.69) is 35.3 Å². The molecule has 0 aromatic heterocycles. The van der Waals surface area contributed by atoms with Crippen LogP contribution in [0.25, 0.3) is 0 Å². The third kappa shape index (κ3) is 3.42. The van der Waals surface area contributed by atoms with Crippen molar-refractivity contribution >= 4 is 0 Å². The van der Waals surface area contributed by atoms with Crippen molar-refractivity contribution in [3.05, 3.63) is 34.9 Å². The van der Waals surface area contributed by atoms with Gasteiger partial charge in [-0.2, -0.15) is 0 Å². The third-order valence-electron chi connectivity index (χ3n) is 4.89. The van der Waals surface area contributed by atoms with Crippen molar-refractivity contribution in [1.82, 2.24) is 10.2 Å². The van der Waals surface area contributed by atoms with Gasteiger partial charge in [-0.25, -0.2) is 0 Å². The van der Waals surface area contributed by atoms with E-state index in [1.807, 2.05) is 0 Å². The summed E-state index contributed by atoms with van der Waals surface area (Å²) in [5.41, 5.74) is 4.66. The fraction of sp³-hybridized carbons (Fsp3) is 0.667. The highest BCUT2D eigenvalue weighted by Crippen LogP contribution is 2.23. The molecule has 20 heavy (non-hydrogen) atoms. The van der Waals surface area contributed by atoms with E-state index in [-0.39, 0.29) is 0 Å². The summed E-state index contributed by atoms with van der Waals surface area (Å²) in [4.78, 5) is 2.60. The molecule has 3 rings (SSSR count). The molecule has 1 aromatic rings. The number of piperidine rings is 1. The summed E-state index contributed by atoms with van der Waals surface area (Å²) < 4.78 is 0. The normalized spacial score (nSPS) is 20.2. The second kappa shape index (κ2) is 6.73. The van der Waals surface area contributed by atoms with Gasteiger partial charge in [0.25, 0.3) is 0 Å². The Morgan fingerprint density at radius 1 is 1.15 bits per heavy atom. The molecular formula is C18H28N2. The summed E-state index contributed by atoms with van der Waals surface area (Å²) in [6, 6.07) is 7.82. The van der Waals surface area contributed by atoms with Crippen molar-refractivity contribution in [2.45, 2.75) is 58.0 Å². The maximum Gasteiger partial charge on any atom is 0.0208 e. The molecule has 1 N–H and O–H groups in total. The molecule has 0 atom stereocenters. The van der Waals surface area contributed by atoms with Gasteiger partial charge in [0, 0.05) is 12.6 Å². The molecule has 2 heteroatoms. The average Bonchev–Trinajstić information content (AvgIpc) is 2.94. The fourth-order valence-electron chi connectivity index (χ4n) is 3.67. The molecule has 1 saturated heterocycles. The summed E-state index contributed by atoms with van der Waals surface area (Å²) in [6.45, 7) is 7.15. The Kier molecular flexibility index (Phi) is 4.74. The van der Waals surface area contributed by atoms with Crippen molar-refractivity contribution < 1.29 is 0 Å². The fourth-order valence-corrected chi connectivity index (χ4v) is 3.67. The van der Waals surface area contributed by atoms with Crippen LogP contribution < -0.4 is 5.32 Å². The predicted octanol–water partition coefficient (Wildman–Crippen LogP) is 3.14. The number of fused-ring (bicyclic) bond motifs is 1. The lowest BCUT2D eigenvalue weighted by molar-refractivity contribution is 0.197. The average molecular weight is 272 g/mol. The first-order valence-corrected chi connectivity index (χ1v) is 8.41. The van der Waals surface area contributed by atoms with E-state index in [9.17, 15) is 0 Å². The molecule has 1 heterocycles. The summed E-state index contributed by atoms with van der Waals surface area (Å²) in [7, 11) is 0. The second-order valence-corrected chi connectivity index (χ2v) is 6.45. The Hall–Kier alpha value is -0.860. The van der Waals surface area contributed by atoms with Gasteiger partial charge in [-0.1, -0.05) is 25.1 Å². The van der Waals surface area contributed by atoms with E-state index in [1.54, 1.807) is 11.1 Å². The zero-order chi connectivity index (χ0) is 13.8. The minimum absolute atomic E-state index is 0.719. The van der Waals surface area contributed by atoms with E-state index in [0.29, 0.717) is 0 Å². The van der Waals surface area contributed by atoms with Gasteiger partial charge in [-0.3, -0.25) is 0 Å². The van der Waals surface area contributed by atoms with Gasteiger partial charge >= 0.3 is 0 Å². The lowest BCUT2D eigenvalue weighted by Gasteiger charge is -2.32. The van der Waals surface area contributed by atoms with E-state index in [1.165, 1.54) is 63.7 Å². The van der Waals surface area contributed by atoms with Crippen LogP contribution in [0.15, 0.2) is 18.2 Å². The lowest BCUT2D eigenvalue weighted by Crippen LogP contribution is -2.42. The number of hydrogen-bond donors (Lipinski definition) is 1. The van der Waals surface area contributed by atoms with Crippen molar-refractivity contribution in [2.24, 2.45) is 0 Å². The molecule has 1 aromatic carbocycles. The highest BCUT2D eigenvalue weighted by molar-refractivity contribution is 5.35. The third-order valence-corrected chi connectivity index (χ3v) is 4.89. The maximum absolute atomic E-state index is 3.77. The van der Waals surface area contributed by atoms with Crippen LogP contribution in [0.3, 0.4) is 0 Å². The van der Waals surface area contributed by atoms with E-state index in [4.69, 9.17) is 0 Å². The first-order valence-electron chi connectivity index (χ1n) is 8.41. The highest BCUT2D eigenvalue weighted by Gasteiger charge is 2.18. The zero-order valence-corrected chi connectivity index (χ0v) is 12.8. The Balaban J connectivity index is 1.46. The topological polar surface area (TPSA) is 15.3 Å². The van der Waals surface area contributed by atoms with E-state index < -0.39 is 0 Å². The van der Waals surface area contributed by atoms with Crippen molar-refractivity contribution in [2.75, 3.05) is 19.6 Å². The standard InChI is InChI=1S/C18H28N2/c1-2-10-20-11-8-18(9-12-20)19-14-15-6-7-16-4-3-5-17(16)13-15/h6-7,13,18-19H,2-5,8-12,14H2,1H3. The largest absolute Gasteiger partial charge is 0.310 e. The number of hydrogen-bond acceptors (Lipinski definition) is 2. The summed E-state index contributed by atoms with van der Waals surface area (Å²) in [5.74, 6) is 0. The molecule has 0 saturated carbocycles. The van der Waals surface area contributed by atoms with Gasteiger partial charge in [0.2, 0.25) is 0 Å². The van der Waals surface area contributed by atoms with Crippen LogP contribution in [0.2, 0.25) is 0 Å². The molecule has 1 fully saturated rings. The molecule has 110 valence electrons. The van der Waals surface area contributed by atoms with Gasteiger partial charge in [-0.05, 0) is 74.8 Å². The molecule has 1 aliphatic carbocycles. The molecule has 0 unspecified atom stereocenters. The minimum Gasteiger partial charge on any atom is -0.310 e. The van der Waals surface area contributed by atoms with Gasteiger partial charge in [0.15, 0.2) is 0 Å². The van der Waals surface area contributed by atoms with Crippen molar-refractivity contribution in [1.29, 1.82) is 0 Å². The van der Waals surface area contributed by atoms with Gasteiger partial charge in [-0.15, -0.1) is 0 Å². The number of nitrogens with one attached hydrogen (secondary N) is 1. The molecule has 1 aliphatic heterocycles. The lowest BCUT2D eigenvalue weighted by atomic mass is 10.0. The Labute approximate surface area is 123 Å². The quantitative estimate of drug-likeness (QED) is 0.886. The Bertz CT molecular complexity index is 433. The number of rotatable bonds is 5.